The molecule has 2 rings (SSSR count). The Morgan fingerprint density at radius 3 is 2.54 bits per heavy atom. The van der Waals surface area contributed by atoms with Gasteiger partial charge in [0.25, 0.3) is 0 Å². The summed E-state index contributed by atoms with van der Waals surface area (Å²) in [5.41, 5.74) is -0.146. The van der Waals surface area contributed by atoms with Crippen molar-refractivity contribution in [2.45, 2.75) is 51.6 Å². The van der Waals surface area contributed by atoms with Gasteiger partial charge >= 0.3 is 5.97 Å². The summed E-state index contributed by atoms with van der Waals surface area (Å²) in [6.45, 7) is 7.11. The molecule has 1 aliphatic rings. The molecule has 1 aromatic carbocycles. The standard InChI is InChI=1S/C19H28N2O3/c1-5-6-11-19(18(22)23)17(21(13-20-19)12-14(2)3)15-7-9-16(24-4)10-8-15/h7-10,13-14,17H,5-6,11-12H2,1-4H3,(H,22,23). The summed E-state index contributed by atoms with van der Waals surface area (Å²) in [6.07, 6.45) is 4.06. The van der Waals surface area contributed by atoms with E-state index in [1.807, 2.05) is 24.3 Å². The summed E-state index contributed by atoms with van der Waals surface area (Å²) < 4.78 is 5.23. The van der Waals surface area contributed by atoms with Crippen molar-refractivity contribution in [1.29, 1.82) is 0 Å². The lowest BCUT2D eigenvalue weighted by Crippen LogP contribution is -2.45. The Hall–Kier alpha value is -2.04. The number of carbonyl (C=O) groups is 1. The smallest absolute Gasteiger partial charge is 0.334 e. The molecule has 1 aromatic rings. The first kappa shape index (κ1) is 18.3. The monoisotopic (exact) mass is 332 g/mol. The van der Waals surface area contributed by atoms with Gasteiger partial charge < -0.3 is 14.7 Å². The van der Waals surface area contributed by atoms with Crippen LogP contribution in [0.2, 0.25) is 0 Å². The van der Waals surface area contributed by atoms with Gasteiger partial charge in [0, 0.05) is 6.54 Å². The van der Waals surface area contributed by atoms with Crippen LogP contribution in [0.3, 0.4) is 0 Å². The predicted molar refractivity (Wildman–Crippen MR) is 95.7 cm³/mol. The molecular weight excluding hydrogens is 304 g/mol. The van der Waals surface area contributed by atoms with E-state index < -0.39 is 11.5 Å². The summed E-state index contributed by atoms with van der Waals surface area (Å²) in [5.74, 6) is 0.342. The van der Waals surface area contributed by atoms with Gasteiger partial charge in [0.2, 0.25) is 0 Å². The van der Waals surface area contributed by atoms with Crippen molar-refractivity contribution in [1.82, 2.24) is 4.90 Å². The molecule has 132 valence electrons. The first-order valence-electron chi connectivity index (χ1n) is 8.63. The Morgan fingerprint density at radius 1 is 1.38 bits per heavy atom. The van der Waals surface area contributed by atoms with Crippen LogP contribution >= 0.6 is 0 Å². The number of rotatable bonds is 8. The summed E-state index contributed by atoms with van der Waals surface area (Å²) >= 11 is 0. The van der Waals surface area contributed by atoms with Crippen molar-refractivity contribution in [3.8, 4) is 5.75 Å². The van der Waals surface area contributed by atoms with Gasteiger partial charge in [0.1, 0.15) is 5.75 Å². The number of ether oxygens (including phenoxy) is 1. The highest BCUT2D eigenvalue weighted by Crippen LogP contribution is 2.42. The predicted octanol–water partition coefficient (Wildman–Crippen LogP) is 3.75. The molecule has 1 aliphatic heterocycles. The molecule has 1 N–H and O–H groups in total. The molecule has 0 saturated carbocycles. The normalized spacial score (nSPS) is 23.0. The van der Waals surface area contributed by atoms with Crippen LogP contribution in [0.1, 0.15) is 51.6 Å². The summed E-state index contributed by atoms with van der Waals surface area (Å²) in [4.78, 5) is 18.8. The zero-order valence-corrected chi connectivity index (χ0v) is 15.0. The van der Waals surface area contributed by atoms with Crippen LogP contribution in [0.25, 0.3) is 0 Å². The third kappa shape index (κ3) is 3.55. The highest BCUT2D eigenvalue weighted by atomic mass is 16.5. The molecule has 0 spiro atoms. The maximum Gasteiger partial charge on any atom is 0.334 e. The number of aliphatic carboxylic acids is 1. The molecule has 0 bridgehead atoms. The number of unbranched alkanes of at least 4 members (excludes halogenated alkanes) is 1. The van der Waals surface area contributed by atoms with Gasteiger partial charge in [-0.2, -0.15) is 0 Å². The number of methoxy groups -OCH3 is 1. The van der Waals surface area contributed by atoms with Gasteiger partial charge in [-0.3, -0.25) is 4.99 Å². The number of hydrogen-bond donors (Lipinski definition) is 1. The SMILES string of the molecule is CCCCC1(C(=O)O)N=CN(CC(C)C)C1c1ccc(OC)cc1. The molecule has 24 heavy (non-hydrogen) atoms. The lowest BCUT2D eigenvalue weighted by molar-refractivity contribution is -0.145. The second-order valence-electron chi connectivity index (χ2n) is 6.84. The second-order valence-corrected chi connectivity index (χ2v) is 6.84. The van der Waals surface area contributed by atoms with E-state index in [9.17, 15) is 9.90 Å². The highest BCUT2D eigenvalue weighted by molar-refractivity contribution is 5.85. The molecular formula is C19H28N2O3. The number of hydrogen-bond acceptors (Lipinski definition) is 4. The molecule has 0 saturated heterocycles. The Bertz CT molecular complexity index is 583. The fraction of sp³-hybridized carbons (Fsp3) is 0.579. The van der Waals surface area contributed by atoms with Crippen molar-refractivity contribution in [2.75, 3.05) is 13.7 Å². The van der Waals surface area contributed by atoms with E-state index in [-0.39, 0.29) is 6.04 Å². The quantitative estimate of drug-likeness (QED) is 0.787. The zero-order chi connectivity index (χ0) is 17.7. The van der Waals surface area contributed by atoms with Crippen LogP contribution in [0.15, 0.2) is 29.3 Å². The topological polar surface area (TPSA) is 62.1 Å². The van der Waals surface area contributed by atoms with Crippen LogP contribution in [-0.2, 0) is 4.79 Å². The molecule has 0 radical (unpaired) electrons. The molecule has 5 heteroatoms. The third-order valence-electron chi connectivity index (χ3n) is 4.51. The van der Waals surface area contributed by atoms with Crippen LogP contribution in [-0.4, -0.2) is 41.5 Å². The maximum atomic E-state index is 12.2. The minimum atomic E-state index is -1.11. The van der Waals surface area contributed by atoms with Crippen molar-refractivity contribution in [3.63, 3.8) is 0 Å². The molecule has 0 aliphatic carbocycles. The minimum absolute atomic E-state index is 0.283. The lowest BCUT2D eigenvalue weighted by atomic mass is 9.81. The minimum Gasteiger partial charge on any atom is -0.497 e. The Balaban J connectivity index is 2.43. The Labute approximate surface area is 144 Å². The summed E-state index contributed by atoms with van der Waals surface area (Å²) in [6, 6.07) is 7.39. The molecule has 0 aromatic heterocycles. The summed E-state index contributed by atoms with van der Waals surface area (Å²) in [7, 11) is 1.63. The number of aliphatic imine (C=N–C) groups is 1. The second kappa shape index (κ2) is 7.69. The van der Waals surface area contributed by atoms with E-state index in [2.05, 4.69) is 30.7 Å². The van der Waals surface area contributed by atoms with E-state index in [0.29, 0.717) is 12.3 Å². The lowest BCUT2D eigenvalue weighted by Gasteiger charge is -2.35. The Kier molecular flexibility index (Phi) is 5.86. The molecule has 1 heterocycles. The van der Waals surface area contributed by atoms with E-state index in [4.69, 9.17) is 4.74 Å². The first-order chi connectivity index (χ1) is 11.4. The van der Waals surface area contributed by atoms with Gasteiger partial charge in [-0.05, 0) is 30.0 Å². The van der Waals surface area contributed by atoms with Gasteiger partial charge in [-0.1, -0.05) is 45.7 Å². The van der Waals surface area contributed by atoms with Crippen molar-refractivity contribution < 1.29 is 14.6 Å². The largest absolute Gasteiger partial charge is 0.497 e. The molecule has 5 nitrogen and oxygen atoms in total. The fourth-order valence-corrected chi connectivity index (χ4v) is 3.34. The van der Waals surface area contributed by atoms with Crippen molar-refractivity contribution in [2.24, 2.45) is 10.9 Å². The van der Waals surface area contributed by atoms with Crippen molar-refractivity contribution >= 4 is 12.3 Å². The van der Waals surface area contributed by atoms with E-state index in [1.165, 1.54) is 0 Å². The van der Waals surface area contributed by atoms with Gasteiger partial charge in [-0.25, -0.2) is 4.79 Å². The van der Waals surface area contributed by atoms with Gasteiger partial charge in [0.15, 0.2) is 5.54 Å². The fourth-order valence-electron chi connectivity index (χ4n) is 3.34. The average molecular weight is 332 g/mol. The average Bonchev–Trinajstić information content (AvgIpc) is 2.92. The van der Waals surface area contributed by atoms with Crippen LogP contribution < -0.4 is 4.74 Å². The van der Waals surface area contributed by atoms with Crippen LogP contribution in [0.5, 0.6) is 5.75 Å². The summed E-state index contributed by atoms with van der Waals surface area (Å²) in [5, 5.41) is 10.0. The van der Waals surface area contributed by atoms with E-state index >= 15 is 0 Å². The number of benzene rings is 1. The first-order valence-corrected chi connectivity index (χ1v) is 8.63. The van der Waals surface area contributed by atoms with Gasteiger partial charge in [0.05, 0.1) is 19.5 Å². The third-order valence-corrected chi connectivity index (χ3v) is 4.51. The number of nitrogens with zero attached hydrogens (tertiary/aromatic N) is 2. The molecule has 0 fully saturated rings. The zero-order valence-electron chi connectivity index (χ0n) is 15.0. The van der Waals surface area contributed by atoms with Crippen molar-refractivity contribution in [3.05, 3.63) is 29.8 Å². The maximum absolute atomic E-state index is 12.2. The van der Waals surface area contributed by atoms with E-state index in [0.717, 1.165) is 30.7 Å². The molecule has 0 amide bonds. The highest BCUT2D eigenvalue weighted by Gasteiger charge is 2.51. The van der Waals surface area contributed by atoms with Crippen LogP contribution in [0, 0.1) is 5.92 Å². The Morgan fingerprint density at radius 2 is 2.04 bits per heavy atom. The molecule has 2 atom stereocenters. The number of carboxylic acids is 1. The molecule has 2 unspecified atom stereocenters. The van der Waals surface area contributed by atoms with Gasteiger partial charge in [-0.15, -0.1) is 0 Å². The van der Waals surface area contributed by atoms with E-state index in [1.54, 1.807) is 13.4 Å². The number of carboxylic acid groups (broad SMARTS) is 1. The van der Waals surface area contributed by atoms with Crippen LogP contribution in [0.4, 0.5) is 0 Å².